The summed E-state index contributed by atoms with van der Waals surface area (Å²) in [5.74, 6) is -2.56. The Bertz CT molecular complexity index is 687. The molecule has 0 bridgehead atoms. The third-order valence-electron chi connectivity index (χ3n) is 2.76. The lowest BCUT2D eigenvalue weighted by Gasteiger charge is -2.04. The highest BCUT2D eigenvalue weighted by Crippen LogP contribution is 2.11. The van der Waals surface area contributed by atoms with Gasteiger partial charge in [-0.25, -0.2) is 9.82 Å². The highest BCUT2D eigenvalue weighted by molar-refractivity contribution is 6.39. The number of benzene rings is 2. The SMILES string of the molecule is O=C(N/N=C/Cc1ccccc1)C(=O)Nc1ccccc1F. The van der Waals surface area contributed by atoms with Crippen LogP contribution in [0.25, 0.3) is 0 Å². The Kier molecular flexibility index (Phi) is 5.37. The predicted molar refractivity (Wildman–Crippen MR) is 81.8 cm³/mol. The first kappa shape index (κ1) is 15.4. The molecule has 6 heteroatoms. The minimum Gasteiger partial charge on any atom is -0.315 e. The van der Waals surface area contributed by atoms with Gasteiger partial charge in [0.2, 0.25) is 0 Å². The van der Waals surface area contributed by atoms with Gasteiger partial charge in [-0.3, -0.25) is 9.59 Å². The summed E-state index contributed by atoms with van der Waals surface area (Å²) in [5.41, 5.74) is 3.05. The summed E-state index contributed by atoms with van der Waals surface area (Å²) in [6.07, 6.45) is 2.00. The molecule has 2 rings (SSSR count). The van der Waals surface area contributed by atoms with Crippen LogP contribution < -0.4 is 10.7 Å². The summed E-state index contributed by atoms with van der Waals surface area (Å²) in [7, 11) is 0. The minimum absolute atomic E-state index is 0.0593. The number of nitrogens with one attached hydrogen (secondary N) is 2. The van der Waals surface area contributed by atoms with Gasteiger partial charge in [0.05, 0.1) is 5.69 Å². The number of hydrogen-bond donors (Lipinski definition) is 2. The van der Waals surface area contributed by atoms with E-state index in [1.807, 2.05) is 30.3 Å². The van der Waals surface area contributed by atoms with E-state index in [0.717, 1.165) is 5.56 Å². The van der Waals surface area contributed by atoms with E-state index in [0.29, 0.717) is 6.42 Å². The van der Waals surface area contributed by atoms with Crippen LogP contribution in [0.2, 0.25) is 0 Å². The van der Waals surface area contributed by atoms with E-state index in [-0.39, 0.29) is 5.69 Å². The molecule has 0 heterocycles. The van der Waals surface area contributed by atoms with Crippen LogP contribution in [0.4, 0.5) is 10.1 Å². The number of halogens is 1. The molecule has 112 valence electrons. The lowest BCUT2D eigenvalue weighted by molar-refractivity contribution is -0.136. The molecule has 22 heavy (non-hydrogen) atoms. The van der Waals surface area contributed by atoms with Crippen LogP contribution >= 0.6 is 0 Å². The summed E-state index contributed by atoms with van der Waals surface area (Å²) < 4.78 is 13.3. The van der Waals surface area contributed by atoms with Gasteiger partial charge in [-0.15, -0.1) is 0 Å². The third kappa shape index (κ3) is 4.52. The van der Waals surface area contributed by atoms with E-state index in [1.54, 1.807) is 6.07 Å². The van der Waals surface area contributed by atoms with E-state index in [4.69, 9.17) is 0 Å². The van der Waals surface area contributed by atoms with Crippen LogP contribution in [0.15, 0.2) is 59.7 Å². The highest BCUT2D eigenvalue weighted by Gasteiger charge is 2.14. The van der Waals surface area contributed by atoms with Crippen LogP contribution in [0.1, 0.15) is 5.56 Å². The quantitative estimate of drug-likeness (QED) is 0.515. The number of nitrogens with zero attached hydrogens (tertiary/aromatic N) is 1. The molecule has 2 aromatic rings. The van der Waals surface area contributed by atoms with Crippen molar-refractivity contribution in [2.24, 2.45) is 5.10 Å². The summed E-state index contributed by atoms with van der Waals surface area (Å²) in [6.45, 7) is 0. The molecule has 0 saturated heterocycles. The fourth-order valence-corrected chi connectivity index (χ4v) is 1.66. The first-order valence-electron chi connectivity index (χ1n) is 6.58. The second-order valence-electron chi connectivity index (χ2n) is 4.38. The number of para-hydroxylation sites is 1. The lowest BCUT2D eigenvalue weighted by atomic mass is 10.2. The first-order valence-corrected chi connectivity index (χ1v) is 6.58. The van der Waals surface area contributed by atoms with Gasteiger partial charge >= 0.3 is 11.8 Å². The smallest absolute Gasteiger partial charge is 0.315 e. The van der Waals surface area contributed by atoms with Crippen molar-refractivity contribution in [2.75, 3.05) is 5.32 Å². The molecule has 0 atom stereocenters. The van der Waals surface area contributed by atoms with E-state index in [1.165, 1.54) is 24.4 Å². The van der Waals surface area contributed by atoms with Gasteiger partial charge in [0, 0.05) is 12.6 Å². The van der Waals surface area contributed by atoms with Gasteiger partial charge in [0.1, 0.15) is 5.82 Å². The zero-order valence-corrected chi connectivity index (χ0v) is 11.6. The Hall–Kier alpha value is -3.02. The number of carbonyl (C=O) groups is 2. The summed E-state index contributed by atoms with van der Waals surface area (Å²) >= 11 is 0. The van der Waals surface area contributed by atoms with E-state index in [9.17, 15) is 14.0 Å². The molecular formula is C16H14FN3O2. The van der Waals surface area contributed by atoms with E-state index < -0.39 is 17.6 Å². The Morgan fingerprint density at radius 1 is 1.00 bits per heavy atom. The van der Waals surface area contributed by atoms with E-state index >= 15 is 0 Å². The standard InChI is InChI=1S/C16H14FN3O2/c17-13-8-4-5-9-14(13)19-15(21)16(22)20-18-11-10-12-6-2-1-3-7-12/h1-9,11H,10H2,(H,19,21)(H,20,22)/b18-11+. The normalized spacial score (nSPS) is 10.4. The fraction of sp³-hybridized carbons (Fsp3) is 0.0625. The fourth-order valence-electron chi connectivity index (χ4n) is 1.66. The Morgan fingerprint density at radius 2 is 1.68 bits per heavy atom. The molecule has 0 aromatic heterocycles. The van der Waals surface area contributed by atoms with Crippen LogP contribution in [-0.4, -0.2) is 18.0 Å². The average Bonchev–Trinajstić information content (AvgIpc) is 2.54. The van der Waals surface area contributed by atoms with Crippen molar-refractivity contribution in [3.8, 4) is 0 Å². The van der Waals surface area contributed by atoms with Gasteiger partial charge in [-0.1, -0.05) is 42.5 Å². The van der Waals surface area contributed by atoms with Crippen molar-refractivity contribution in [3.05, 3.63) is 66.0 Å². The number of anilines is 1. The number of rotatable bonds is 4. The molecule has 2 amide bonds. The molecule has 0 radical (unpaired) electrons. The van der Waals surface area contributed by atoms with Crippen molar-refractivity contribution in [3.63, 3.8) is 0 Å². The first-order chi connectivity index (χ1) is 10.7. The molecule has 5 nitrogen and oxygen atoms in total. The largest absolute Gasteiger partial charge is 0.329 e. The average molecular weight is 299 g/mol. The monoisotopic (exact) mass is 299 g/mol. The minimum atomic E-state index is -0.984. The van der Waals surface area contributed by atoms with Gasteiger partial charge in [0.25, 0.3) is 0 Å². The summed E-state index contributed by atoms with van der Waals surface area (Å²) in [4.78, 5) is 23.1. The molecule has 0 aliphatic carbocycles. The molecule has 0 aliphatic heterocycles. The van der Waals surface area contributed by atoms with Gasteiger partial charge in [-0.05, 0) is 17.7 Å². The maximum Gasteiger partial charge on any atom is 0.329 e. The second kappa shape index (κ2) is 7.68. The Labute approximate surface area is 126 Å². The van der Waals surface area contributed by atoms with Crippen molar-refractivity contribution < 1.29 is 14.0 Å². The van der Waals surface area contributed by atoms with Crippen LogP contribution in [0, 0.1) is 5.82 Å². The van der Waals surface area contributed by atoms with Crippen LogP contribution in [-0.2, 0) is 16.0 Å². The number of amides is 2. The number of carbonyl (C=O) groups excluding carboxylic acids is 2. The van der Waals surface area contributed by atoms with Gasteiger partial charge in [0.15, 0.2) is 0 Å². The molecule has 0 unspecified atom stereocenters. The van der Waals surface area contributed by atoms with Crippen molar-refractivity contribution in [1.29, 1.82) is 0 Å². The summed E-state index contributed by atoms with van der Waals surface area (Å²) in [5, 5.41) is 5.84. The Morgan fingerprint density at radius 3 is 2.41 bits per heavy atom. The van der Waals surface area contributed by atoms with Crippen molar-refractivity contribution in [2.45, 2.75) is 6.42 Å². The van der Waals surface area contributed by atoms with Crippen LogP contribution in [0.5, 0.6) is 0 Å². The molecule has 0 saturated carbocycles. The maximum atomic E-state index is 13.3. The van der Waals surface area contributed by atoms with Crippen molar-refractivity contribution in [1.82, 2.24) is 5.43 Å². The Balaban J connectivity index is 1.82. The second-order valence-corrected chi connectivity index (χ2v) is 4.38. The number of hydrogen-bond acceptors (Lipinski definition) is 3. The third-order valence-corrected chi connectivity index (χ3v) is 2.76. The number of hydrazone groups is 1. The predicted octanol–water partition coefficient (Wildman–Crippen LogP) is 2.11. The van der Waals surface area contributed by atoms with Gasteiger partial charge < -0.3 is 5.32 Å². The molecule has 2 aromatic carbocycles. The van der Waals surface area contributed by atoms with Gasteiger partial charge in [-0.2, -0.15) is 5.10 Å². The molecule has 2 N–H and O–H groups in total. The highest BCUT2D eigenvalue weighted by atomic mass is 19.1. The molecular weight excluding hydrogens is 285 g/mol. The van der Waals surface area contributed by atoms with Crippen LogP contribution in [0.3, 0.4) is 0 Å². The van der Waals surface area contributed by atoms with E-state index in [2.05, 4.69) is 15.8 Å². The lowest BCUT2D eigenvalue weighted by Crippen LogP contribution is -2.32. The topological polar surface area (TPSA) is 70.6 Å². The summed E-state index contributed by atoms with van der Waals surface area (Å²) in [6, 6.07) is 15.1. The molecule has 0 aliphatic rings. The van der Waals surface area contributed by atoms with Crippen molar-refractivity contribution >= 4 is 23.7 Å². The zero-order valence-electron chi connectivity index (χ0n) is 11.6. The maximum absolute atomic E-state index is 13.3. The molecule has 0 spiro atoms. The molecule has 0 fully saturated rings. The zero-order chi connectivity index (χ0) is 15.8.